The molecule has 14 heteroatoms. The number of rotatable bonds is 15. The molecule has 4 amide bonds. The lowest BCUT2D eigenvalue weighted by molar-refractivity contribution is -0.141. The van der Waals surface area contributed by atoms with E-state index in [4.69, 9.17) is 11.5 Å². The first-order valence-corrected chi connectivity index (χ1v) is 11.6. The summed E-state index contributed by atoms with van der Waals surface area (Å²) in [5.74, 6) is -5.49. The Labute approximate surface area is 188 Å². The zero-order valence-electron chi connectivity index (χ0n) is 18.6. The number of carboxylic acid groups (broad SMARTS) is 2. The van der Waals surface area contributed by atoms with Gasteiger partial charge in [-0.2, -0.15) is 0 Å². The van der Waals surface area contributed by atoms with Crippen molar-refractivity contribution in [1.29, 1.82) is 1.28 Å². The van der Waals surface area contributed by atoms with Gasteiger partial charge in [-0.15, -0.1) is 11.4 Å². The standard InChI is InChI=1S/C15H25N4O8PS.C2H6/c1-16-10(20)4-2-3-8(18-11(21)7-29-28)15(27)19-9(5-12(22)23)14(26)17-6-13(24)25;1-2/h8-9H,2-7,28H2,1H3,(H,16,20)(H,17,26)(H,18,21)(H,19,27)(H,22,23)(H,24,25);1-2H3/i28T;. The first-order valence-electron chi connectivity index (χ1n) is 9.90. The zero-order valence-corrected chi connectivity index (χ0v) is 19.5. The van der Waals surface area contributed by atoms with Crippen molar-refractivity contribution >= 4 is 55.3 Å². The number of carbonyl (C=O) groups excluding carboxylic acids is 4. The molecule has 3 unspecified atom stereocenters. The second-order valence-corrected chi connectivity index (χ2v) is 7.19. The lowest BCUT2D eigenvalue weighted by Gasteiger charge is -2.22. The van der Waals surface area contributed by atoms with Gasteiger partial charge in [-0.1, -0.05) is 22.2 Å². The van der Waals surface area contributed by atoms with E-state index < -0.39 is 54.7 Å². The molecule has 3 atom stereocenters. The summed E-state index contributed by atoms with van der Waals surface area (Å²) >= 11 is 1.03. The van der Waals surface area contributed by atoms with Gasteiger partial charge in [0, 0.05) is 13.5 Å². The average molecular weight is 485 g/mol. The van der Waals surface area contributed by atoms with Crippen LogP contribution in [0.5, 0.6) is 0 Å². The Morgan fingerprint density at radius 2 is 1.61 bits per heavy atom. The van der Waals surface area contributed by atoms with Crippen molar-refractivity contribution in [1.82, 2.24) is 21.3 Å². The normalized spacial score (nSPS) is 12.4. The van der Waals surface area contributed by atoms with Gasteiger partial charge in [-0.05, 0) is 12.8 Å². The summed E-state index contributed by atoms with van der Waals surface area (Å²) in [5.41, 5.74) is 0. The molecular formula is C17H31N4O8PS. The number of aliphatic carboxylic acids is 2. The van der Waals surface area contributed by atoms with Gasteiger partial charge in [0.25, 0.3) is 0 Å². The van der Waals surface area contributed by atoms with Crippen LogP contribution >= 0.6 is 19.8 Å². The highest BCUT2D eigenvalue weighted by atomic mass is 32.7. The fraction of sp³-hybridized carbons (Fsp3) is 0.647. The molecule has 0 saturated carbocycles. The van der Waals surface area contributed by atoms with Crippen LogP contribution in [0.2, 0.25) is 0 Å². The molecular weight excluding hydrogens is 451 g/mol. The molecule has 0 aliphatic carbocycles. The van der Waals surface area contributed by atoms with Gasteiger partial charge in [0.15, 0.2) is 0 Å². The average Bonchev–Trinajstić information content (AvgIpc) is 2.75. The fourth-order valence-electron chi connectivity index (χ4n) is 2.10. The van der Waals surface area contributed by atoms with Gasteiger partial charge in [-0.3, -0.25) is 28.8 Å². The first-order chi connectivity index (χ1) is 15.1. The summed E-state index contributed by atoms with van der Waals surface area (Å²) in [6.07, 6.45) is -0.460. The van der Waals surface area contributed by atoms with Crippen LogP contribution in [0, 0.1) is 0 Å². The molecule has 0 radical (unpaired) electrons. The van der Waals surface area contributed by atoms with E-state index in [0.29, 0.717) is 0 Å². The van der Waals surface area contributed by atoms with Crippen LogP contribution in [0.25, 0.3) is 0 Å². The molecule has 31 heavy (non-hydrogen) atoms. The number of carboxylic acids is 2. The maximum Gasteiger partial charge on any atom is 0.322 e. The van der Waals surface area contributed by atoms with E-state index in [2.05, 4.69) is 16.0 Å². The molecule has 0 fully saturated rings. The number of amides is 4. The number of nitrogens with one attached hydrogen (secondary N) is 4. The topological polar surface area (TPSA) is 191 Å². The second-order valence-electron chi connectivity index (χ2n) is 5.74. The predicted molar refractivity (Wildman–Crippen MR) is 118 cm³/mol. The summed E-state index contributed by atoms with van der Waals surface area (Å²) in [7, 11) is 1.16. The molecule has 0 heterocycles. The third-order valence-electron chi connectivity index (χ3n) is 3.46. The van der Waals surface area contributed by atoms with E-state index in [1.807, 2.05) is 19.2 Å². The monoisotopic (exact) mass is 484 g/mol. The van der Waals surface area contributed by atoms with E-state index in [9.17, 15) is 28.8 Å². The lowest BCUT2D eigenvalue weighted by atomic mass is 10.1. The lowest BCUT2D eigenvalue weighted by Crippen LogP contribution is -2.54. The molecule has 0 aromatic carbocycles. The van der Waals surface area contributed by atoms with Crippen molar-refractivity contribution in [3.63, 3.8) is 0 Å². The van der Waals surface area contributed by atoms with E-state index in [1.165, 1.54) is 7.05 Å². The molecule has 0 aliphatic rings. The van der Waals surface area contributed by atoms with E-state index in [1.54, 1.807) is 0 Å². The maximum absolute atomic E-state index is 12.6. The van der Waals surface area contributed by atoms with Crippen molar-refractivity contribution in [2.45, 2.75) is 51.6 Å². The highest BCUT2D eigenvalue weighted by molar-refractivity contribution is 8.44. The zero-order chi connectivity index (χ0) is 25.1. The summed E-state index contributed by atoms with van der Waals surface area (Å²) in [4.78, 5) is 69.5. The third-order valence-corrected chi connectivity index (χ3v) is 4.30. The molecule has 0 aromatic heterocycles. The van der Waals surface area contributed by atoms with Gasteiger partial charge in [0.05, 0.1) is 13.5 Å². The highest BCUT2D eigenvalue weighted by Gasteiger charge is 2.28. The highest BCUT2D eigenvalue weighted by Crippen LogP contribution is 2.10. The molecule has 12 nitrogen and oxygen atoms in total. The van der Waals surface area contributed by atoms with Crippen LogP contribution in [-0.2, 0) is 28.8 Å². The van der Waals surface area contributed by atoms with Crippen LogP contribution in [0.4, 0.5) is 0 Å². The van der Waals surface area contributed by atoms with Crippen LogP contribution in [-0.4, -0.2) is 78.5 Å². The summed E-state index contributed by atoms with van der Waals surface area (Å²) in [5, 5.41) is 26.6. The summed E-state index contributed by atoms with van der Waals surface area (Å²) in [6.45, 7) is 3.24. The first kappa shape index (κ1) is 28.6. The van der Waals surface area contributed by atoms with E-state index in [0.717, 1.165) is 11.4 Å². The van der Waals surface area contributed by atoms with Crippen molar-refractivity contribution < 1.29 is 39.0 Å². The second kappa shape index (κ2) is 18.4. The SMILES string of the molecule is CC.[3H]PSCC(=O)NC(CCCC(=O)NC)C(=O)NC(CC(=O)O)C(=O)NCC(=O)O. The van der Waals surface area contributed by atoms with Crippen molar-refractivity contribution in [3.05, 3.63) is 0 Å². The Kier molecular flexibility index (Phi) is 17.0. The van der Waals surface area contributed by atoms with Gasteiger partial charge in [0.2, 0.25) is 23.6 Å². The Hall–Kier alpha value is -2.40. The molecule has 0 aromatic rings. The minimum Gasteiger partial charge on any atom is -0.481 e. The quantitative estimate of drug-likeness (QED) is 0.160. The van der Waals surface area contributed by atoms with Crippen LogP contribution < -0.4 is 21.3 Å². The predicted octanol–water partition coefficient (Wildman–Crippen LogP) is -0.903. The fourth-order valence-corrected chi connectivity index (χ4v) is 2.71. The molecule has 178 valence electrons. The Bertz CT molecular complexity index is 656. The molecule has 0 spiro atoms. The number of hydrogen-bond acceptors (Lipinski definition) is 7. The van der Waals surface area contributed by atoms with Crippen LogP contribution in [0.15, 0.2) is 0 Å². The van der Waals surface area contributed by atoms with Crippen molar-refractivity contribution in [2.75, 3.05) is 19.3 Å². The largest absolute Gasteiger partial charge is 0.481 e. The Morgan fingerprint density at radius 1 is 0.968 bits per heavy atom. The molecule has 0 aliphatic heterocycles. The van der Waals surface area contributed by atoms with E-state index in [-0.39, 0.29) is 39.3 Å². The molecule has 0 bridgehead atoms. The van der Waals surface area contributed by atoms with Gasteiger partial charge in [0.1, 0.15) is 18.6 Å². The third kappa shape index (κ3) is 16.0. The van der Waals surface area contributed by atoms with Crippen LogP contribution in [0.3, 0.4) is 0 Å². The van der Waals surface area contributed by atoms with E-state index >= 15 is 0 Å². The number of hydrogen-bond donors (Lipinski definition) is 6. The maximum atomic E-state index is 12.6. The Balaban J connectivity index is 0. The molecule has 6 N–H and O–H groups in total. The smallest absolute Gasteiger partial charge is 0.322 e. The van der Waals surface area contributed by atoms with Crippen LogP contribution in [0.1, 0.15) is 39.5 Å². The van der Waals surface area contributed by atoms with Gasteiger partial charge < -0.3 is 31.5 Å². The summed E-state index contributed by atoms with van der Waals surface area (Å²) in [6, 6.07) is -2.71. The minimum absolute atomic E-state index is 0.0371. The molecule has 0 saturated heterocycles. The Morgan fingerprint density at radius 3 is 2.13 bits per heavy atom. The number of carbonyl (C=O) groups is 6. The summed E-state index contributed by atoms with van der Waals surface area (Å²) < 4.78 is 7.06. The van der Waals surface area contributed by atoms with Crippen molar-refractivity contribution in [3.8, 4) is 0 Å². The van der Waals surface area contributed by atoms with Crippen molar-refractivity contribution in [2.24, 2.45) is 0 Å². The minimum atomic E-state index is -1.56. The molecule has 0 rings (SSSR count). The van der Waals surface area contributed by atoms with Gasteiger partial charge in [-0.25, -0.2) is 0 Å². The van der Waals surface area contributed by atoms with Gasteiger partial charge >= 0.3 is 11.9 Å².